The summed E-state index contributed by atoms with van der Waals surface area (Å²) in [4.78, 5) is 13.7. The second-order valence-corrected chi connectivity index (χ2v) is 6.75. The molecule has 1 heterocycles. The van der Waals surface area contributed by atoms with Crippen LogP contribution < -0.4 is 0 Å². The van der Waals surface area contributed by atoms with E-state index in [1.165, 1.54) is 9.35 Å². The number of hydrogen-bond donors (Lipinski definition) is 0. The number of thiophene rings is 1. The molecule has 0 bridgehead atoms. The van der Waals surface area contributed by atoms with Crippen molar-refractivity contribution in [3.63, 3.8) is 0 Å². The number of carbonyl (C=O) groups is 1. The quantitative estimate of drug-likeness (QED) is 0.852. The molecule has 0 saturated heterocycles. The molecule has 1 fully saturated rings. The molecular weight excluding hydrogens is 286 g/mol. The Hall–Kier alpha value is -0.190. The summed E-state index contributed by atoms with van der Waals surface area (Å²) in [6.45, 7) is 0.944. The van der Waals surface area contributed by atoms with Gasteiger partial charge in [-0.25, -0.2) is 0 Å². The molecule has 0 spiro atoms. The van der Waals surface area contributed by atoms with Crippen LogP contribution >= 0.6 is 27.3 Å². The lowest BCUT2D eigenvalue weighted by molar-refractivity contribution is -0.121. The number of ketones is 1. The first-order chi connectivity index (χ1) is 7.65. The van der Waals surface area contributed by atoms with Crippen LogP contribution in [0.2, 0.25) is 0 Å². The average molecular weight is 302 g/mol. The van der Waals surface area contributed by atoms with Gasteiger partial charge in [0.1, 0.15) is 5.78 Å². The molecule has 1 atom stereocenters. The molecule has 4 heteroatoms. The number of carbonyl (C=O) groups excluding carboxylic acids is 1. The van der Waals surface area contributed by atoms with Crippen LogP contribution in [0.15, 0.2) is 15.2 Å². The van der Waals surface area contributed by atoms with Crippen molar-refractivity contribution >= 4 is 33.0 Å². The molecule has 1 aliphatic rings. The molecule has 0 N–H and O–H groups in total. The molecule has 0 aromatic carbocycles. The third-order valence-electron chi connectivity index (χ3n) is 3.13. The van der Waals surface area contributed by atoms with E-state index in [1.807, 2.05) is 0 Å². The molecule has 0 radical (unpaired) electrons. The largest absolute Gasteiger partial charge is 0.300 e. The standard InChI is InChI=1S/C12H16BrNOS/c1-14(7-9-5-12(13)16-8-9)10-3-2-4-11(15)6-10/h5,8,10H,2-4,6-7H2,1H3. The van der Waals surface area contributed by atoms with Crippen LogP contribution in [-0.4, -0.2) is 23.8 Å². The highest BCUT2D eigenvalue weighted by Gasteiger charge is 2.22. The van der Waals surface area contributed by atoms with Gasteiger partial charge in [-0.05, 0) is 52.8 Å². The Balaban J connectivity index is 1.92. The Morgan fingerprint density at radius 3 is 3.06 bits per heavy atom. The lowest BCUT2D eigenvalue weighted by Crippen LogP contribution is -2.35. The van der Waals surface area contributed by atoms with Gasteiger partial charge in [-0.1, -0.05) is 0 Å². The molecule has 2 rings (SSSR count). The Kier molecular flexibility index (Phi) is 4.16. The number of hydrogen-bond acceptors (Lipinski definition) is 3. The third-order valence-corrected chi connectivity index (χ3v) is 4.69. The van der Waals surface area contributed by atoms with Gasteiger partial charge in [0.05, 0.1) is 3.79 Å². The van der Waals surface area contributed by atoms with E-state index in [-0.39, 0.29) is 0 Å². The fraction of sp³-hybridized carbons (Fsp3) is 0.583. The minimum absolute atomic E-state index is 0.426. The summed E-state index contributed by atoms with van der Waals surface area (Å²) in [5.74, 6) is 0.426. The first-order valence-electron chi connectivity index (χ1n) is 5.60. The zero-order chi connectivity index (χ0) is 11.5. The van der Waals surface area contributed by atoms with Crippen LogP contribution in [0.5, 0.6) is 0 Å². The van der Waals surface area contributed by atoms with Crippen molar-refractivity contribution < 1.29 is 4.79 Å². The van der Waals surface area contributed by atoms with Gasteiger partial charge in [-0.15, -0.1) is 11.3 Å². The first-order valence-corrected chi connectivity index (χ1v) is 7.27. The molecule has 16 heavy (non-hydrogen) atoms. The molecule has 88 valence electrons. The highest BCUT2D eigenvalue weighted by Crippen LogP contribution is 2.24. The van der Waals surface area contributed by atoms with Crippen LogP contribution in [-0.2, 0) is 11.3 Å². The lowest BCUT2D eigenvalue weighted by Gasteiger charge is -2.30. The molecule has 1 unspecified atom stereocenters. The summed E-state index contributed by atoms with van der Waals surface area (Å²) in [7, 11) is 2.12. The van der Waals surface area contributed by atoms with E-state index in [9.17, 15) is 4.79 Å². The van der Waals surface area contributed by atoms with Crippen molar-refractivity contribution in [3.05, 3.63) is 20.8 Å². The van der Waals surface area contributed by atoms with Crippen molar-refractivity contribution in [3.8, 4) is 0 Å². The maximum atomic E-state index is 11.4. The topological polar surface area (TPSA) is 20.3 Å². The zero-order valence-corrected chi connectivity index (χ0v) is 11.8. The summed E-state index contributed by atoms with van der Waals surface area (Å²) in [6.07, 6.45) is 3.74. The minimum Gasteiger partial charge on any atom is -0.300 e. The van der Waals surface area contributed by atoms with Gasteiger partial charge in [-0.3, -0.25) is 9.69 Å². The maximum Gasteiger partial charge on any atom is 0.134 e. The monoisotopic (exact) mass is 301 g/mol. The molecule has 0 amide bonds. The second-order valence-electron chi connectivity index (χ2n) is 4.46. The van der Waals surface area contributed by atoms with Gasteiger partial charge in [0, 0.05) is 25.4 Å². The summed E-state index contributed by atoms with van der Waals surface area (Å²) in [6, 6.07) is 2.60. The first kappa shape index (κ1) is 12.3. The summed E-state index contributed by atoms with van der Waals surface area (Å²) >= 11 is 5.19. The third kappa shape index (κ3) is 3.15. The molecule has 2 nitrogen and oxygen atoms in total. The molecule has 1 aromatic rings. The number of Topliss-reactive ketones (excluding diaryl/α,β-unsaturated/α-hetero) is 1. The Morgan fingerprint density at radius 2 is 2.44 bits per heavy atom. The molecule has 1 saturated carbocycles. The van der Waals surface area contributed by atoms with Crippen LogP contribution in [0.4, 0.5) is 0 Å². The molecule has 0 aliphatic heterocycles. The van der Waals surface area contributed by atoms with Crippen molar-refractivity contribution in [2.75, 3.05) is 7.05 Å². The highest BCUT2D eigenvalue weighted by molar-refractivity contribution is 9.11. The number of halogens is 1. The van der Waals surface area contributed by atoms with Crippen molar-refractivity contribution in [2.45, 2.75) is 38.3 Å². The SMILES string of the molecule is CN(Cc1csc(Br)c1)C1CCCC(=O)C1. The second kappa shape index (κ2) is 5.43. The van der Waals surface area contributed by atoms with Gasteiger partial charge < -0.3 is 0 Å². The summed E-state index contributed by atoms with van der Waals surface area (Å²) in [5.41, 5.74) is 1.33. The fourth-order valence-corrected chi connectivity index (χ4v) is 3.42. The van der Waals surface area contributed by atoms with Crippen LogP contribution in [0.3, 0.4) is 0 Å². The van der Waals surface area contributed by atoms with Crippen LogP contribution in [0, 0.1) is 0 Å². The van der Waals surface area contributed by atoms with E-state index in [0.29, 0.717) is 11.8 Å². The summed E-state index contributed by atoms with van der Waals surface area (Å²) in [5, 5.41) is 2.17. The Morgan fingerprint density at radius 1 is 1.62 bits per heavy atom. The molecular formula is C12H16BrNOS. The number of nitrogens with zero attached hydrogens (tertiary/aromatic N) is 1. The number of rotatable bonds is 3. The van der Waals surface area contributed by atoms with Gasteiger partial charge in [0.2, 0.25) is 0 Å². The normalized spacial score (nSPS) is 21.7. The molecule has 1 aliphatic carbocycles. The van der Waals surface area contributed by atoms with E-state index in [4.69, 9.17) is 0 Å². The fourth-order valence-electron chi connectivity index (χ4n) is 2.22. The molecule has 1 aromatic heterocycles. The van der Waals surface area contributed by atoms with Crippen LogP contribution in [0.25, 0.3) is 0 Å². The Labute approximate surface area is 109 Å². The highest BCUT2D eigenvalue weighted by atomic mass is 79.9. The minimum atomic E-state index is 0.426. The predicted octanol–water partition coefficient (Wildman–Crippen LogP) is 3.45. The maximum absolute atomic E-state index is 11.4. The van der Waals surface area contributed by atoms with Gasteiger partial charge in [-0.2, -0.15) is 0 Å². The summed E-state index contributed by atoms with van der Waals surface area (Å²) < 4.78 is 1.18. The lowest BCUT2D eigenvalue weighted by atomic mass is 9.93. The zero-order valence-electron chi connectivity index (χ0n) is 9.41. The van der Waals surface area contributed by atoms with Crippen LogP contribution in [0.1, 0.15) is 31.2 Å². The average Bonchev–Trinajstić information content (AvgIpc) is 2.64. The van der Waals surface area contributed by atoms with E-state index < -0.39 is 0 Å². The van der Waals surface area contributed by atoms with Gasteiger partial charge in [0.25, 0.3) is 0 Å². The van der Waals surface area contributed by atoms with Gasteiger partial charge >= 0.3 is 0 Å². The smallest absolute Gasteiger partial charge is 0.134 e. The van der Waals surface area contributed by atoms with Crippen molar-refractivity contribution in [1.82, 2.24) is 4.90 Å². The van der Waals surface area contributed by atoms with Crippen molar-refractivity contribution in [1.29, 1.82) is 0 Å². The van der Waals surface area contributed by atoms with Gasteiger partial charge in [0.15, 0.2) is 0 Å². The van der Waals surface area contributed by atoms with E-state index in [2.05, 4.69) is 39.3 Å². The van der Waals surface area contributed by atoms with E-state index in [1.54, 1.807) is 11.3 Å². The Bertz CT molecular complexity index is 377. The van der Waals surface area contributed by atoms with Crippen molar-refractivity contribution in [2.24, 2.45) is 0 Å². The van der Waals surface area contributed by atoms with E-state index in [0.717, 1.165) is 32.2 Å². The van der Waals surface area contributed by atoms with E-state index >= 15 is 0 Å². The predicted molar refractivity (Wildman–Crippen MR) is 70.7 cm³/mol.